The van der Waals surface area contributed by atoms with E-state index < -0.39 is 0 Å². The first kappa shape index (κ1) is 17.0. The zero-order chi connectivity index (χ0) is 17.5. The molecule has 5 heteroatoms. The molecule has 0 saturated carbocycles. The van der Waals surface area contributed by atoms with Gasteiger partial charge in [-0.05, 0) is 43.4 Å². The van der Waals surface area contributed by atoms with Crippen LogP contribution in [0, 0.1) is 0 Å². The second-order valence-electron chi connectivity index (χ2n) is 5.77. The first-order valence-corrected chi connectivity index (χ1v) is 8.20. The quantitative estimate of drug-likeness (QED) is 0.624. The van der Waals surface area contributed by atoms with Crippen molar-refractivity contribution in [3.8, 4) is 23.0 Å². The van der Waals surface area contributed by atoms with Crippen molar-refractivity contribution < 1.29 is 13.9 Å². The minimum absolute atomic E-state index is 0.603. The van der Waals surface area contributed by atoms with Crippen molar-refractivity contribution in [1.82, 2.24) is 9.88 Å². The largest absolute Gasteiger partial charge is 0.497 e. The normalized spacial score (nSPS) is 10.8. The lowest BCUT2D eigenvalue weighted by molar-refractivity contribution is 0.231. The zero-order valence-corrected chi connectivity index (χ0v) is 14.5. The van der Waals surface area contributed by atoms with Gasteiger partial charge in [0.15, 0.2) is 0 Å². The van der Waals surface area contributed by atoms with Gasteiger partial charge in [0.1, 0.15) is 24.4 Å². The first-order chi connectivity index (χ1) is 12.2. The Morgan fingerprint density at radius 2 is 1.72 bits per heavy atom. The van der Waals surface area contributed by atoms with Crippen LogP contribution in [0.15, 0.2) is 65.3 Å². The number of aromatic nitrogens is 1. The van der Waals surface area contributed by atoms with Gasteiger partial charge in [0.05, 0.1) is 12.8 Å². The van der Waals surface area contributed by atoms with Gasteiger partial charge in [0.25, 0.3) is 0 Å². The number of ether oxygens (including phenoxy) is 2. The second kappa shape index (κ2) is 8.35. The fraction of sp³-hybridized carbons (Fsp3) is 0.250. The molecule has 5 nitrogen and oxygen atoms in total. The van der Waals surface area contributed by atoms with E-state index in [1.165, 1.54) is 0 Å². The summed E-state index contributed by atoms with van der Waals surface area (Å²) in [6.07, 6.45) is 1.71. The van der Waals surface area contributed by atoms with Crippen molar-refractivity contribution in [2.75, 3.05) is 27.3 Å². The number of benzene rings is 2. The van der Waals surface area contributed by atoms with Gasteiger partial charge in [-0.15, -0.1) is 0 Å². The molecule has 0 saturated heterocycles. The summed E-state index contributed by atoms with van der Waals surface area (Å²) in [6, 6.07) is 17.5. The zero-order valence-electron chi connectivity index (χ0n) is 14.5. The maximum absolute atomic E-state index is 5.75. The molecule has 0 aliphatic carbocycles. The summed E-state index contributed by atoms with van der Waals surface area (Å²) >= 11 is 0. The molecule has 0 aliphatic heterocycles. The molecule has 3 rings (SSSR count). The third kappa shape index (κ3) is 4.84. The molecule has 0 aliphatic rings. The molecule has 1 heterocycles. The van der Waals surface area contributed by atoms with E-state index in [4.69, 9.17) is 13.9 Å². The van der Waals surface area contributed by atoms with Crippen LogP contribution in [0.1, 0.15) is 5.69 Å². The van der Waals surface area contributed by atoms with E-state index in [0.29, 0.717) is 19.0 Å². The van der Waals surface area contributed by atoms with Gasteiger partial charge in [0.2, 0.25) is 5.89 Å². The van der Waals surface area contributed by atoms with Crippen LogP contribution in [0.2, 0.25) is 0 Å². The molecule has 3 aromatic rings. The van der Waals surface area contributed by atoms with E-state index >= 15 is 0 Å². The molecule has 0 amide bonds. The average Bonchev–Trinajstić information content (AvgIpc) is 3.11. The predicted octanol–water partition coefficient (Wildman–Crippen LogP) is 3.86. The van der Waals surface area contributed by atoms with Crippen LogP contribution < -0.4 is 9.47 Å². The van der Waals surface area contributed by atoms with Gasteiger partial charge >= 0.3 is 0 Å². The second-order valence-corrected chi connectivity index (χ2v) is 5.77. The Bertz CT molecular complexity index is 769. The minimum Gasteiger partial charge on any atom is -0.497 e. The van der Waals surface area contributed by atoms with E-state index in [9.17, 15) is 0 Å². The van der Waals surface area contributed by atoms with Crippen LogP contribution >= 0.6 is 0 Å². The fourth-order valence-electron chi connectivity index (χ4n) is 2.44. The van der Waals surface area contributed by atoms with Gasteiger partial charge < -0.3 is 13.9 Å². The maximum atomic E-state index is 5.75. The SMILES string of the molecule is COc1ccc(OCCN(C)Cc2coc(-c3ccccc3)n2)cc1. The number of oxazole rings is 1. The summed E-state index contributed by atoms with van der Waals surface area (Å²) in [6.45, 7) is 2.11. The molecule has 1 aromatic heterocycles. The number of methoxy groups -OCH3 is 1. The van der Waals surface area contributed by atoms with Crippen LogP contribution in [-0.4, -0.2) is 37.2 Å². The van der Waals surface area contributed by atoms with Gasteiger partial charge in [-0.2, -0.15) is 0 Å². The molecule has 0 bridgehead atoms. The Morgan fingerprint density at radius 1 is 1.00 bits per heavy atom. The predicted molar refractivity (Wildman–Crippen MR) is 96.8 cm³/mol. The summed E-state index contributed by atoms with van der Waals surface area (Å²) in [5.74, 6) is 2.31. The van der Waals surface area contributed by atoms with Crippen molar-refractivity contribution in [2.24, 2.45) is 0 Å². The van der Waals surface area contributed by atoms with Crippen molar-refractivity contribution in [3.05, 3.63) is 66.6 Å². The summed E-state index contributed by atoms with van der Waals surface area (Å²) in [7, 11) is 3.69. The van der Waals surface area contributed by atoms with E-state index in [1.807, 2.05) is 61.6 Å². The molecule has 25 heavy (non-hydrogen) atoms. The Labute approximate surface area is 147 Å². The maximum Gasteiger partial charge on any atom is 0.226 e. The van der Waals surface area contributed by atoms with E-state index in [0.717, 1.165) is 29.3 Å². The third-order valence-electron chi connectivity index (χ3n) is 3.81. The van der Waals surface area contributed by atoms with Gasteiger partial charge in [-0.3, -0.25) is 4.90 Å². The molecular weight excluding hydrogens is 316 g/mol. The monoisotopic (exact) mass is 338 g/mol. The van der Waals surface area contributed by atoms with Crippen LogP contribution in [0.3, 0.4) is 0 Å². The minimum atomic E-state index is 0.603. The molecule has 0 fully saturated rings. The Morgan fingerprint density at radius 3 is 2.44 bits per heavy atom. The number of hydrogen-bond acceptors (Lipinski definition) is 5. The lowest BCUT2D eigenvalue weighted by atomic mass is 10.2. The van der Waals surface area contributed by atoms with Crippen LogP contribution in [-0.2, 0) is 6.54 Å². The lowest BCUT2D eigenvalue weighted by Crippen LogP contribution is -2.24. The summed E-state index contributed by atoms with van der Waals surface area (Å²) in [5, 5.41) is 0. The molecule has 0 unspecified atom stereocenters. The molecular formula is C20H22N2O3. The first-order valence-electron chi connectivity index (χ1n) is 8.20. The highest BCUT2D eigenvalue weighted by Crippen LogP contribution is 2.19. The Hall–Kier alpha value is -2.79. The van der Waals surface area contributed by atoms with E-state index in [1.54, 1.807) is 13.4 Å². The van der Waals surface area contributed by atoms with Crippen molar-refractivity contribution in [2.45, 2.75) is 6.54 Å². The highest BCUT2D eigenvalue weighted by molar-refractivity contribution is 5.52. The Balaban J connectivity index is 1.46. The third-order valence-corrected chi connectivity index (χ3v) is 3.81. The molecule has 130 valence electrons. The number of hydrogen-bond donors (Lipinski definition) is 0. The highest BCUT2D eigenvalue weighted by atomic mass is 16.5. The summed E-state index contributed by atoms with van der Waals surface area (Å²) in [5.41, 5.74) is 1.89. The van der Waals surface area contributed by atoms with Crippen molar-refractivity contribution in [1.29, 1.82) is 0 Å². The standard InChI is InChI=1S/C20H22N2O3/c1-22(12-13-24-19-10-8-18(23-2)9-11-19)14-17-15-25-20(21-17)16-6-4-3-5-7-16/h3-11,15H,12-14H2,1-2H3. The summed E-state index contributed by atoms with van der Waals surface area (Å²) in [4.78, 5) is 6.69. The lowest BCUT2D eigenvalue weighted by Gasteiger charge is -2.15. The average molecular weight is 338 g/mol. The number of likely N-dealkylation sites (N-methyl/N-ethyl adjacent to an activating group) is 1. The van der Waals surface area contributed by atoms with Crippen molar-refractivity contribution >= 4 is 0 Å². The highest BCUT2D eigenvalue weighted by Gasteiger charge is 2.08. The van der Waals surface area contributed by atoms with E-state index in [2.05, 4.69) is 9.88 Å². The van der Waals surface area contributed by atoms with Gasteiger partial charge in [-0.25, -0.2) is 4.98 Å². The number of nitrogens with zero attached hydrogens (tertiary/aromatic N) is 2. The van der Waals surface area contributed by atoms with Gasteiger partial charge in [0, 0.05) is 18.7 Å². The molecule has 0 atom stereocenters. The van der Waals surface area contributed by atoms with Crippen LogP contribution in [0.4, 0.5) is 0 Å². The van der Waals surface area contributed by atoms with E-state index in [-0.39, 0.29) is 0 Å². The van der Waals surface area contributed by atoms with Crippen LogP contribution in [0.5, 0.6) is 11.5 Å². The molecule has 0 radical (unpaired) electrons. The Kier molecular flexibility index (Phi) is 5.69. The topological polar surface area (TPSA) is 47.7 Å². The number of rotatable bonds is 8. The smallest absolute Gasteiger partial charge is 0.226 e. The van der Waals surface area contributed by atoms with Crippen molar-refractivity contribution in [3.63, 3.8) is 0 Å². The van der Waals surface area contributed by atoms with Crippen LogP contribution in [0.25, 0.3) is 11.5 Å². The van der Waals surface area contributed by atoms with Gasteiger partial charge in [-0.1, -0.05) is 18.2 Å². The summed E-state index contributed by atoms with van der Waals surface area (Å²) < 4.78 is 16.4. The molecule has 0 N–H and O–H groups in total. The molecule has 2 aromatic carbocycles. The fourth-order valence-corrected chi connectivity index (χ4v) is 2.44. The molecule has 0 spiro atoms.